The Hall–Kier alpha value is -8.09. The van der Waals surface area contributed by atoms with E-state index >= 15 is 0 Å². The molecular weight excluding hydrogens is 1340 g/mol. The van der Waals surface area contributed by atoms with Gasteiger partial charge in [0.05, 0.1) is 68.2 Å². The van der Waals surface area contributed by atoms with E-state index in [0.29, 0.717) is 72.9 Å². The normalized spacial score (nSPS) is 15.3. The van der Waals surface area contributed by atoms with E-state index in [9.17, 15) is 33.6 Å². The first-order chi connectivity index (χ1) is 51.8. The molecule has 18 nitrogen and oxygen atoms in total. The summed E-state index contributed by atoms with van der Waals surface area (Å²) in [5.41, 5.74) is 0.854. The van der Waals surface area contributed by atoms with Gasteiger partial charge in [-0.25, -0.2) is 24.0 Å². The zero-order chi connectivity index (χ0) is 75.7. The predicted octanol–water partition coefficient (Wildman–Crippen LogP) is 20.8. The third-order valence-corrected chi connectivity index (χ3v) is 19.0. The van der Waals surface area contributed by atoms with Gasteiger partial charge in [0, 0.05) is 31.4 Å². The van der Waals surface area contributed by atoms with Gasteiger partial charge >= 0.3 is 41.8 Å². The van der Waals surface area contributed by atoms with Crippen LogP contribution in [0.4, 0.5) is 0 Å². The molecule has 0 radical (unpaired) electrons. The summed E-state index contributed by atoms with van der Waals surface area (Å²) in [4.78, 5) is 84.0. The van der Waals surface area contributed by atoms with Gasteiger partial charge in [0.25, 0.3) is 0 Å². The maximum absolute atomic E-state index is 12.9. The van der Waals surface area contributed by atoms with Crippen LogP contribution < -0.4 is 28.4 Å². The Morgan fingerprint density at radius 1 is 0.292 bits per heavy atom. The lowest BCUT2D eigenvalue weighted by Crippen LogP contribution is -2.29. The van der Waals surface area contributed by atoms with Gasteiger partial charge in [-0.15, -0.1) is 0 Å². The van der Waals surface area contributed by atoms with Gasteiger partial charge in [-0.2, -0.15) is 0 Å². The van der Waals surface area contributed by atoms with Crippen molar-refractivity contribution >= 4 is 41.8 Å². The van der Waals surface area contributed by atoms with E-state index in [1.165, 1.54) is 134 Å². The number of rotatable bonds is 56. The van der Waals surface area contributed by atoms with Crippen molar-refractivity contribution in [1.29, 1.82) is 0 Å². The number of carbonyl (C=O) groups is 7. The molecule has 2 saturated carbocycles. The third kappa shape index (κ3) is 41.1. The van der Waals surface area contributed by atoms with Crippen LogP contribution in [0.2, 0.25) is 0 Å². The minimum atomic E-state index is -0.475. The Labute approximate surface area is 632 Å². The molecule has 4 aromatic carbocycles. The zero-order valence-electron chi connectivity index (χ0n) is 63.8. The van der Waals surface area contributed by atoms with Gasteiger partial charge < -0.3 is 52.1 Å². The van der Waals surface area contributed by atoms with Crippen molar-refractivity contribution in [3.05, 3.63) is 146 Å². The first-order valence-electron chi connectivity index (χ1n) is 40.0. The maximum atomic E-state index is 12.9. The number of ether oxygens (including phenoxy) is 11. The maximum Gasteiger partial charge on any atom is 0.343 e. The summed E-state index contributed by atoms with van der Waals surface area (Å²) in [5.74, 6) is 0.359. The molecule has 0 N–H and O–H groups in total. The average molecular weight is 1470 g/mol. The van der Waals surface area contributed by atoms with Crippen LogP contribution >= 0.6 is 0 Å². The summed E-state index contributed by atoms with van der Waals surface area (Å²) in [5, 5.41) is 0. The molecule has 106 heavy (non-hydrogen) atoms. The molecule has 0 aliphatic heterocycles. The summed E-state index contributed by atoms with van der Waals surface area (Å²) >= 11 is 0. The molecule has 6 rings (SSSR count). The molecule has 0 saturated heterocycles. The molecule has 0 atom stereocenters. The van der Waals surface area contributed by atoms with Crippen LogP contribution in [-0.2, 0) is 47.7 Å². The Morgan fingerprint density at radius 2 is 0.528 bits per heavy atom. The van der Waals surface area contributed by atoms with Crippen molar-refractivity contribution in [2.75, 3.05) is 46.2 Å². The first kappa shape index (κ1) is 88.5. The zero-order valence-corrected chi connectivity index (χ0v) is 63.8. The Morgan fingerprint density at radius 3 is 0.802 bits per heavy atom. The van der Waals surface area contributed by atoms with Crippen LogP contribution in [0.15, 0.2) is 135 Å². The molecule has 18 heteroatoms. The standard InChI is InChI=1S/C48H68O10.C40H56O8/c1-3-45(49)55-37-21-17-13-9-5-7-11-15-19-35-53-41-27-23-39(24-28-41)47(51)57-43-31-33-44(34-32-43)58-48(52)40-25-29-42(30-26-40)54-36-20-16-12-8-6-10-14-18-22-38-56-46(50)4-2;1-3-5-6-14-29-44-34-21-17-32(18-22-34)39(42)47-36-25-27-37(28-26-36)48-40(43)33-19-23-35(24-20-33)45-30-15-12-10-8-7-9-11-13-16-31-46-38(41)4-2/h3-4,23-24,27-28,31-34,40,42H,1-2,5-22,25-26,29-30,35-38H2;4,17-18,21-22,25-28,33,35H,2-3,5-16,19-20,23-24,29-31H2,1H3. The highest BCUT2D eigenvalue weighted by Gasteiger charge is 2.30. The van der Waals surface area contributed by atoms with Crippen LogP contribution in [0.3, 0.4) is 0 Å². The highest BCUT2D eigenvalue weighted by atomic mass is 16.6. The molecule has 0 aromatic heterocycles. The summed E-state index contributed by atoms with van der Waals surface area (Å²) in [7, 11) is 0. The quantitative estimate of drug-likeness (QED) is 0.0132. The molecule has 2 aliphatic rings. The van der Waals surface area contributed by atoms with Gasteiger partial charge in [0.15, 0.2) is 0 Å². The summed E-state index contributed by atoms with van der Waals surface area (Å²) in [6.07, 6.45) is 45.8. The minimum Gasteiger partial charge on any atom is -0.494 e. The molecule has 0 amide bonds. The SMILES string of the molecule is C=CC(=O)OCCCCCCCCCCCOC1CCC(C(=O)Oc2ccc(OC(=O)c3ccc(OCCCCCC)cc3)cc2)CC1.C=CC(=O)OCCCCCCCCCCCOc1ccc(C(=O)Oc2ccc(OC(=O)C3CCC(OCCCCCCCCCCCOC(=O)C=C)CC3)cc2)cc1. The van der Waals surface area contributed by atoms with E-state index in [2.05, 4.69) is 26.7 Å². The smallest absolute Gasteiger partial charge is 0.343 e. The fraction of sp³-hybridized carbons (Fsp3) is 0.580. The van der Waals surface area contributed by atoms with Crippen LogP contribution in [-0.4, -0.2) is 100 Å². The highest BCUT2D eigenvalue weighted by Crippen LogP contribution is 2.32. The van der Waals surface area contributed by atoms with E-state index in [4.69, 9.17) is 52.1 Å². The molecule has 2 aliphatic carbocycles. The number of hydrogen-bond donors (Lipinski definition) is 0. The monoisotopic (exact) mass is 1470 g/mol. The van der Waals surface area contributed by atoms with Crippen molar-refractivity contribution in [2.45, 2.75) is 270 Å². The van der Waals surface area contributed by atoms with Crippen molar-refractivity contribution in [2.24, 2.45) is 11.8 Å². The van der Waals surface area contributed by atoms with Crippen molar-refractivity contribution in [3.63, 3.8) is 0 Å². The second kappa shape index (κ2) is 57.1. The van der Waals surface area contributed by atoms with Crippen molar-refractivity contribution in [1.82, 2.24) is 0 Å². The van der Waals surface area contributed by atoms with Gasteiger partial charge in [-0.05, 0) is 193 Å². The van der Waals surface area contributed by atoms with Gasteiger partial charge in [0.1, 0.15) is 34.5 Å². The Bertz CT molecular complexity index is 3070. The van der Waals surface area contributed by atoms with Crippen LogP contribution in [0.25, 0.3) is 0 Å². The second-order valence-corrected chi connectivity index (χ2v) is 27.7. The Kier molecular flexibility index (Phi) is 47.7. The third-order valence-electron chi connectivity index (χ3n) is 19.0. The first-order valence-corrected chi connectivity index (χ1v) is 40.0. The van der Waals surface area contributed by atoms with Crippen molar-refractivity contribution in [3.8, 4) is 34.5 Å². The number of hydrogen-bond acceptors (Lipinski definition) is 18. The van der Waals surface area contributed by atoms with Crippen molar-refractivity contribution < 1.29 is 85.7 Å². The van der Waals surface area contributed by atoms with E-state index in [0.717, 1.165) is 154 Å². The molecule has 0 heterocycles. The lowest BCUT2D eigenvalue weighted by Gasteiger charge is -2.27. The molecule has 0 spiro atoms. The second-order valence-electron chi connectivity index (χ2n) is 27.7. The summed E-state index contributed by atoms with van der Waals surface area (Å²) in [6.45, 7) is 16.6. The van der Waals surface area contributed by atoms with Gasteiger partial charge in [-0.1, -0.05) is 181 Å². The predicted molar refractivity (Wildman–Crippen MR) is 414 cm³/mol. The fourth-order valence-corrected chi connectivity index (χ4v) is 12.6. The molecule has 0 unspecified atom stereocenters. The van der Waals surface area contributed by atoms with Crippen LogP contribution in [0.1, 0.15) is 278 Å². The summed E-state index contributed by atoms with van der Waals surface area (Å²) < 4.78 is 61.1. The number of esters is 7. The average Bonchev–Trinajstić information content (AvgIpc) is 0.865. The molecule has 584 valence electrons. The van der Waals surface area contributed by atoms with E-state index < -0.39 is 11.9 Å². The molecule has 0 bridgehead atoms. The van der Waals surface area contributed by atoms with Gasteiger partial charge in [-0.3, -0.25) is 9.59 Å². The molecule has 4 aromatic rings. The lowest BCUT2D eigenvalue weighted by atomic mass is 9.87. The van der Waals surface area contributed by atoms with Crippen LogP contribution in [0.5, 0.6) is 34.5 Å². The van der Waals surface area contributed by atoms with E-state index in [1.54, 1.807) is 97.1 Å². The van der Waals surface area contributed by atoms with Crippen LogP contribution in [0, 0.1) is 11.8 Å². The minimum absolute atomic E-state index is 0.132. The molecular formula is C88H124O18. The van der Waals surface area contributed by atoms with E-state index in [1.807, 2.05) is 0 Å². The number of carbonyl (C=O) groups excluding carboxylic acids is 7. The number of unbranched alkanes of at least 4 members (excludes halogenated alkanes) is 27. The number of benzene rings is 4. The lowest BCUT2D eigenvalue weighted by molar-refractivity contribution is -0.142. The van der Waals surface area contributed by atoms with Gasteiger partial charge in [0.2, 0.25) is 0 Å². The highest BCUT2D eigenvalue weighted by molar-refractivity contribution is 5.92. The summed E-state index contributed by atoms with van der Waals surface area (Å²) in [6, 6.07) is 27.0. The fourth-order valence-electron chi connectivity index (χ4n) is 12.6. The molecule has 2 fully saturated rings. The topological polar surface area (TPSA) is 221 Å². The largest absolute Gasteiger partial charge is 0.494 e. The Balaban J connectivity index is 0.000000387. The van der Waals surface area contributed by atoms with E-state index in [-0.39, 0.29) is 53.9 Å².